The highest BCUT2D eigenvalue weighted by Gasteiger charge is 2.05. The molecule has 3 N–H and O–H groups in total. The lowest BCUT2D eigenvalue weighted by molar-refractivity contribution is -0.116. The molecule has 2 rings (SSSR count). The minimum Gasteiger partial charge on any atom is -0.326 e. The van der Waals surface area contributed by atoms with Gasteiger partial charge in [-0.05, 0) is 36.8 Å². The predicted molar refractivity (Wildman–Crippen MR) is 89.1 cm³/mol. The molecule has 2 aromatic rings. The maximum atomic E-state index is 11.9. The second-order valence-corrected chi connectivity index (χ2v) is 4.82. The number of nitrogens with one attached hydrogen (secondary N) is 3. The number of hydrogen-bond donors (Lipinski definition) is 3. The number of benzene rings is 2. The molecule has 0 aliphatic rings. The first-order chi connectivity index (χ1) is 10.7. The van der Waals surface area contributed by atoms with Crippen LogP contribution in [0.5, 0.6) is 0 Å². The average molecular weight is 297 g/mol. The molecular weight excluding hydrogens is 278 g/mol. The molecule has 0 bridgehead atoms. The Bertz CT molecular complexity index is 641. The van der Waals surface area contributed by atoms with Crippen molar-refractivity contribution in [1.82, 2.24) is 0 Å². The molecule has 0 fully saturated rings. The molecule has 114 valence electrons. The van der Waals surface area contributed by atoms with Crippen molar-refractivity contribution in [3.8, 4) is 0 Å². The minimum atomic E-state index is -0.330. The van der Waals surface area contributed by atoms with Crippen LogP contribution >= 0.6 is 0 Å². The minimum absolute atomic E-state index is 0.0339. The van der Waals surface area contributed by atoms with Crippen molar-refractivity contribution in [2.24, 2.45) is 0 Å². The van der Waals surface area contributed by atoms with Crippen LogP contribution in [0.2, 0.25) is 0 Å². The van der Waals surface area contributed by atoms with Gasteiger partial charge in [-0.25, -0.2) is 4.79 Å². The van der Waals surface area contributed by atoms with Gasteiger partial charge in [0.05, 0.1) is 0 Å². The van der Waals surface area contributed by atoms with Gasteiger partial charge < -0.3 is 16.0 Å². The Kier molecular flexibility index (Phi) is 5.54. The number of amides is 3. The second kappa shape index (κ2) is 7.83. The lowest BCUT2D eigenvalue weighted by Crippen LogP contribution is -2.19. The van der Waals surface area contributed by atoms with Crippen molar-refractivity contribution < 1.29 is 9.59 Å². The van der Waals surface area contributed by atoms with E-state index in [2.05, 4.69) is 16.0 Å². The smallest absolute Gasteiger partial charge is 0.323 e. The van der Waals surface area contributed by atoms with E-state index in [-0.39, 0.29) is 11.9 Å². The molecule has 5 heteroatoms. The number of urea groups is 1. The van der Waals surface area contributed by atoms with E-state index in [0.717, 1.165) is 6.42 Å². The molecular formula is C17H19N3O2. The standard InChI is InChI=1S/C17H19N3O2/c1-2-7-16(21)18-14-10-6-11-15(12-14)20-17(22)19-13-8-4-3-5-9-13/h3-6,8-12H,2,7H2,1H3,(H,18,21)(H2,19,20,22). The largest absolute Gasteiger partial charge is 0.326 e. The third kappa shape index (κ3) is 4.94. The molecule has 0 aliphatic heterocycles. The number of anilines is 3. The van der Waals surface area contributed by atoms with Crippen LogP contribution in [0.1, 0.15) is 19.8 Å². The van der Waals surface area contributed by atoms with Crippen molar-refractivity contribution in [2.75, 3.05) is 16.0 Å². The Hall–Kier alpha value is -2.82. The van der Waals surface area contributed by atoms with Gasteiger partial charge in [0.15, 0.2) is 0 Å². The number of hydrogen-bond acceptors (Lipinski definition) is 2. The highest BCUT2D eigenvalue weighted by molar-refractivity contribution is 6.00. The molecule has 0 aromatic heterocycles. The zero-order valence-electron chi connectivity index (χ0n) is 12.4. The summed E-state index contributed by atoms with van der Waals surface area (Å²) in [5.74, 6) is -0.0339. The Morgan fingerprint density at radius 3 is 2.09 bits per heavy atom. The lowest BCUT2D eigenvalue weighted by atomic mass is 10.2. The lowest BCUT2D eigenvalue weighted by Gasteiger charge is -2.09. The van der Waals surface area contributed by atoms with Crippen LogP contribution in [-0.2, 0) is 4.79 Å². The molecule has 0 aliphatic carbocycles. The first-order valence-corrected chi connectivity index (χ1v) is 7.20. The summed E-state index contributed by atoms with van der Waals surface area (Å²) >= 11 is 0. The molecule has 0 unspecified atom stereocenters. The fraction of sp³-hybridized carbons (Fsp3) is 0.176. The van der Waals surface area contributed by atoms with Gasteiger partial charge >= 0.3 is 6.03 Å². The van der Waals surface area contributed by atoms with Crippen LogP contribution in [0.3, 0.4) is 0 Å². The van der Waals surface area contributed by atoms with Crippen LogP contribution in [0.15, 0.2) is 54.6 Å². The van der Waals surface area contributed by atoms with Crippen molar-refractivity contribution >= 4 is 29.0 Å². The summed E-state index contributed by atoms with van der Waals surface area (Å²) in [5.41, 5.74) is 1.99. The van der Waals surface area contributed by atoms with Gasteiger partial charge in [0.2, 0.25) is 5.91 Å². The summed E-state index contributed by atoms with van der Waals surface area (Å²) in [7, 11) is 0. The van der Waals surface area contributed by atoms with Crippen LogP contribution in [0.4, 0.5) is 21.9 Å². The zero-order valence-corrected chi connectivity index (χ0v) is 12.4. The molecule has 22 heavy (non-hydrogen) atoms. The molecule has 2 aromatic carbocycles. The summed E-state index contributed by atoms with van der Waals surface area (Å²) in [5, 5.41) is 8.26. The second-order valence-electron chi connectivity index (χ2n) is 4.82. The summed E-state index contributed by atoms with van der Waals surface area (Å²) in [6, 6.07) is 15.9. The normalized spacial score (nSPS) is 9.86. The van der Waals surface area contributed by atoms with E-state index in [1.165, 1.54) is 0 Å². The Morgan fingerprint density at radius 2 is 1.41 bits per heavy atom. The van der Waals surface area contributed by atoms with E-state index in [9.17, 15) is 9.59 Å². The monoisotopic (exact) mass is 297 g/mol. The molecule has 0 atom stereocenters. The van der Waals surface area contributed by atoms with E-state index in [1.807, 2.05) is 25.1 Å². The predicted octanol–water partition coefficient (Wildman–Crippen LogP) is 4.07. The summed E-state index contributed by atoms with van der Waals surface area (Å²) in [4.78, 5) is 23.5. The molecule has 0 spiro atoms. The highest BCUT2D eigenvalue weighted by atomic mass is 16.2. The van der Waals surface area contributed by atoms with Gasteiger partial charge in [-0.2, -0.15) is 0 Å². The maximum absolute atomic E-state index is 11.9. The topological polar surface area (TPSA) is 70.2 Å². The fourth-order valence-corrected chi connectivity index (χ4v) is 1.94. The quantitative estimate of drug-likeness (QED) is 0.778. The van der Waals surface area contributed by atoms with Gasteiger partial charge in [0, 0.05) is 23.5 Å². The summed E-state index contributed by atoms with van der Waals surface area (Å²) < 4.78 is 0. The average Bonchev–Trinajstić information content (AvgIpc) is 2.48. The Morgan fingerprint density at radius 1 is 0.818 bits per heavy atom. The molecule has 5 nitrogen and oxygen atoms in total. The first kappa shape index (κ1) is 15.6. The first-order valence-electron chi connectivity index (χ1n) is 7.20. The van der Waals surface area contributed by atoms with Crippen molar-refractivity contribution in [1.29, 1.82) is 0 Å². The van der Waals surface area contributed by atoms with Crippen molar-refractivity contribution in [3.05, 3.63) is 54.6 Å². The molecule has 0 heterocycles. The third-order valence-corrected chi connectivity index (χ3v) is 2.91. The van der Waals surface area contributed by atoms with Gasteiger partial charge in [-0.1, -0.05) is 31.2 Å². The van der Waals surface area contributed by atoms with Crippen LogP contribution in [0, 0.1) is 0 Å². The summed E-state index contributed by atoms with van der Waals surface area (Å²) in [6.45, 7) is 1.95. The van der Waals surface area contributed by atoms with Crippen LogP contribution in [-0.4, -0.2) is 11.9 Å². The maximum Gasteiger partial charge on any atom is 0.323 e. The van der Waals surface area contributed by atoms with Gasteiger partial charge in [-0.3, -0.25) is 4.79 Å². The number of para-hydroxylation sites is 1. The Balaban J connectivity index is 1.95. The number of carbonyl (C=O) groups excluding carboxylic acids is 2. The highest BCUT2D eigenvalue weighted by Crippen LogP contribution is 2.16. The molecule has 0 radical (unpaired) electrons. The van der Waals surface area contributed by atoms with E-state index in [0.29, 0.717) is 23.5 Å². The fourth-order valence-electron chi connectivity index (χ4n) is 1.94. The zero-order chi connectivity index (χ0) is 15.8. The Labute approximate surface area is 129 Å². The van der Waals surface area contributed by atoms with Crippen LogP contribution < -0.4 is 16.0 Å². The van der Waals surface area contributed by atoms with Gasteiger partial charge in [0.25, 0.3) is 0 Å². The number of carbonyl (C=O) groups is 2. The van der Waals surface area contributed by atoms with E-state index < -0.39 is 0 Å². The van der Waals surface area contributed by atoms with E-state index >= 15 is 0 Å². The SMILES string of the molecule is CCCC(=O)Nc1cccc(NC(=O)Nc2ccccc2)c1. The third-order valence-electron chi connectivity index (χ3n) is 2.91. The summed E-state index contributed by atoms with van der Waals surface area (Å²) in [6.07, 6.45) is 1.27. The van der Waals surface area contributed by atoms with Crippen molar-refractivity contribution in [2.45, 2.75) is 19.8 Å². The van der Waals surface area contributed by atoms with Gasteiger partial charge in [0.1, 0.15) is 0 Å². The van der Waals surface area contributed by atoms with Gasteiger partial charge in [-0.15, -0.1) is 0 Å². The van der Waals surface area contributed by atoms with Crippen molar-refractivity contribution in [3.63, 3.8) is 0 Å². The molecule has 0 saturated carbocycles. The van der Waals surface area contributed by atoms with E-state index in [4.69, 9.17) is 0 Å². The molecule has 0 saturated heterocycles. The van der Waals surface area contributed by atoms with Crippen LogP contribution in [0.25, 0.3) is 0 Å². The molecule has 3 amide bonds. The number of rotatable bonds is 5. The van der Waals surface area contributed by atoms with E-state index in [1.54, 1.807) is 36.4 Å².